The number of anilines is 2. The molecule has 31 heavy (non-hydrogen) atoms. The van der Waals surface area contributed by atoms with Crippen LogP contribution in [0.4, 0.5) is 16.2 Å². The summed E-state index contributed by atoms with van der Waals surface area (Å²) in [6, 6.07) is 13.5. The molecule has 2 N–H and O–H groups in total. The molecule has 0 bridgehead atoms. The molecule has 0 saturated carbocycles. The van der Waals surface area contributed by atoms with Gasteiger partial charge in [-0.05, 0) is 55.6 Å². The molecule has 9 heteroatoms. The highest BCUT2D eigenvalue weighted by molar-refractivity contribution is 6.30. The van der Waals surface area contributed by atoms with E-state index in [9.17, 15) is 4.39 Å². The molecule has 2 aromatic carbocycles. The van der Waals surface area contributed by atoms with E-state index < -0.39 is 0 Å². The number of benzene rings is 2. The van der Waals surface area contributed by atoms with Crippen LogP contribution in [-0.4, -0.2) is 57.9 Å². The van der Waals surface area contributed by atoms with Gasteiger partial charge in [-0.1, -0.05) is 11.6 Å². The molecular weight excluding hydrogens is 417 g/mol. The number of fused-ring (bicyclic) bond motifs is 1. The number of nitrogen functional groups attached to an aromatic ring is 1. The Balaban J connectivity index is 1.70. The minimum atomic E-state index is -0.307. The summed E-state index contributed by atoms with van der Waals surface area (Å²) in [6.07, 6.45) is 0. The highest BCUT2D eigenvalue weighted by Crippen LogP contribution is 2.33. The van der Waals surface area contributed by atoms with Crippen molar-refractivity contribution in [3.05, 3.63) is 59.4 Å². The third-order valence-corrected chi connectivity index (χ3v) is 5.78. The van der Waals surface area contributed by atoms with Gasteiger partial charge < -0.3 is 15.5 Å². The highest BCUT2D eigenvalue weighted by Gasteiger charge is 2.23. The van der Waals surface area contributed by atoms with E-state index >= 15 is 0 Å². The number of rotatable bonds is 3. The van der Waals surface area contributed by atoms with Gasteiger partial charge in [0.25, 0.3) is 0 Å². The summed E-state index contributed by atoms with van der Waals surface area (Å²) in [5, 5.41) is 5.94. The molecule has 0 radical (unpaired) electrons. The molecule has 2 aromatic heterocycles. The zero-order valence-electron chi connectivity index (χ0n) is 17.0. The van der Waals surface area contributed by atoms with Gasteiger partial charge in [0.1, 0.15) is 11.6 Å². The maximum Gasteiger partial charge on any atom is 0.228 e. The van der Waals surface area contributed by atoms with Crippen LogP contribution in [0.15, 0.2) is 48.5 Å². The Bertz CT molecular complexity index is 1230. The zero-order valence-corrected chi connectivity index (χ0v) is 17.7. The van der Waals surface area contributed by atoms with Gasteiger partial charge in [0.05, 0.1) is 16.8 Å². The molecule has 1 fully saturated rings. The summed E-state index contributed by atoms with van der Waals surface area (Å²) in [5.41, 5.74) is 9.17. The van der Waals surface area contributed by atoms with Crippen molar-refractivity contribution in [2.24, 2.45) is 0 Å². The second-order valence-corrected chi connectivity index (χ2v) is 8.08. The normalized spacial score (nSPS) is 15.0. The molecule has 3 heterocycles. The molecule has 0 amide bonds. The fraction of sp³-hybridized carbons (Fsp3) is 0.227. The lowest BCUT2D eigenvalue weighted by molar-refractivity contribution is 0.311. The SMILES string of the molecule is CN1CCN(c2nc(-c3ccc(F)cc3)c3c(N)n(-c4ccc(Cl)cc4)nc3n2)CC1. The number of halogens is 2. The Morgan fingerprint density at radius 1 is 0.935 bits per heavy atom. The summed E-state index contributed by atoms with van der Waals surface area (Å²) >= 11 is 6.03. The molecule has 5 rings (SSSR count). The number of hydrogen-bond acceptors (Lipinski definition) is 6. The van der Waals surface area contributed by atoms with Gasteiger partial charge >= 0.3 is 0 Å². The van der Waals surface area contributed by atoms with Crippen molar-refractivity contribution in [2.45, 2.75) is 0 Å². The zero-order chi connectivity index (χ0) is 21.5. The molecule has 4 aromatic rings. The first-order valence-corrected chi connectivity index (χ1v) is 10.4. The topological polar surface area (TPSA) is 76.1 Å². The van der Waals surface area contributed by atoms with Crippen molar-refractivity contribution in [1.29, 1.82) is 0 Å². The van der Waals surface area contributed by atoms with Crippen LogP contribution in [0.25, 0.3) is 28.0 Å². The maximum absolute atomic E-state index is 13.6. The van der Waals surface area contributed by atoms with Crippen LogP contribution >= 0.6 is 11.6 Å². The molecule has 0 spiro atoms. The molecule has 1 aliphatic rings. The summed E-state index contributed by atoms with van der Waals surface area (Å²) in [7, 11) is 2.10. The van der Waals surface area contributed by atoms with Crippen molar-refractivity contribution in [3.63, 3.8) is 0 Å². The van der Waals surface area contributed by atoms with Gasteiger partial charge in [-0.15, -0.1) is 5.10 Å². The third kappa shape index (κ3) is 3.68. The van der Waals surface area contributed by atoms with Crippen LogP contribution in [0.5, 0.6) is 0 Å². The van der Waals surface area contributed by atoms with Crippen molar-refractivity contribution in [3.8, 4) is 16.9 Å². The third-order valence-electron chi connectivity index (χ3n) is 5.53. The first-order valence-electron chi connectivity index (χ1n) is 10.0. The lowest BCUT2D eigenvalue weighted by Crippen LogP contribution is -2.45. The fourth-order valence-electron chi connectivity index (χ4n) is 3.74. The molecule has 1 saturated heterocycles. The van der Waals surface area contributed by atoms with Crippen molar-refractivity contribution >= 4 is 34.4 Å². The number of nitrogens with two attached hydrogens (primary N) is 1. The minimum Gasteiger partial charge on any atom is -0.383 e. The minimum absolute atomic E-state index is 0.307. The second-order valence-electron chi connectivity index (χ2n) is 7.64. The second kappa shape index (κ2) is 7.79. The Kier molecular flexibility index (Phi) is 4.95. The van der Waals surface area contributed by atoms with E-state index in [0.29, 0.717) is 33.5 Å². The monoisotopic (exact) mass is 437 g/mol. The van der Waals surface area contributed by atoms with Crippen LogP contribution in [0, 0.1) is 5.82 Å². The molecular formula is C22H21ClFN7. The van der Waals surface area contributed by atoms with Crippen molar-refractivity contribution < 1.29 is 4.39 Å². The fourth-order valence-corrected chi connectivity index (χ4v) is 3.87. The van der Waals surface area contributed by atoms with Crippen LogP contribution in [0.2, 0.25) is 5.02 Å². The standard InChI is InChI=1S/C22H21ClFN7/c1-29-10-12-30(13-11-29)22-26-19(14-2-6-16(24)7-3-14)18-20(25)31(28-21(18)27-22)17-8-4-15(23)5-9-17/h2-9H,10-13,25H2,1H3. The predicted molar refractivity (Wildman–Crippen MR) is 121 cm³/mol. The predicted octanol–water partition coefficient (Wildman–Crippen LogP) is 3.61. The number of piperazine rings is 1. The van der Waals surface area contributed by atoms with Gasteiger partial charge in [0, 0.05) is 36.8 Å². The number of hydrogen-bond donors (Lipinski definition) is 1. The summed E-state index contributed by atoms with van der Waals surface area (Å²) in [6.45, 7) is 3.49. The van der Waals surface area contributed by atoms with Crippen LogP contribution in [-0.2, 0) is 0 Å². The molecule has 1 aliphatic heterocycles. The average Bonchev–Trinajstić information content (AvgIpc) is 3.11. The Hall–Kier alpha value is -3.23. The largest absolute Gasteiger partial charge is 0.383 e. The van der Waals surface area contributed by atoms with E-state index in [-0.39, 0.29) is 5.82 Å². The lowest BCUT2D eigenvalue weighted by Gasteiger charge is -2.32. The van der Waals surface area contributed by atoms with Gasteiger partial charge in [-0.25, -0.2) is 14.1 Å². The lowest BCUT2D eigenvalue weighted by atomic mass is 10.1. The van der Waals surface area contributed by atoms with Crippen LogP contribution in [0.3, 0.4) is 0 Å². The number of likely N-dealkylation sites (N-methyl/N-ethyl adjacent to an activating group) is 1. The first-order chi connectivity index (χ1) is 15.0. The van der Waals surface area contributed by atoms with Crippen LogP contribution in [0.1, 0.15) is 0 Å². The summed E-state index contributed by atoms with van der Waals surface area (Å²) in [4.78, 5) is 14.0. The molecule has 158 valence electrons. The first kappa shape index (κ1) is 19.7. The van der Waals surface area contributed by atoms with E-state index in [1.54, 1.807) is 28.9 Å². The quantitative estimate of drug-likeness (QED) is 0.527. The van der Waals surface area contributed by atoms with Gasteiger partial charge in [0.15, 0.2) is 5.65 Å². The molecule has 7 nitrogen and oxygen atoms in total. The average molecular weight is 438 g/mol. The number of nitrogens with zero attached hydrogens (tertiary/aromatic N) is 6. The maximum atomic E-state index is 13.6. The Labute approximate surface area is 183 Å². The smallest absolute Gasteiger partial charge is 0.228 e. The highest BCUT2D eigenvalue weighted by atomic mass is 35.5. The van der Waals surface area contributed by atoms with Crippen molar-refractivity contribution in [2.75, 3.05) is 43.9 Å². The van der Waals surface area contributed by atoms with E-state index in [2.05, 4.69) is 21.9 Å². The van der Waals surface area contributed by atoms with Crippen molar-refractivity contribution in [1.82, 2.24) is 24.6 Å². The summed E-state index contributed by atoms with van der Waals surface area (Å²) < 4.78 is 15.2. The van der Waals surface area contributed by atoms with Gasteiger partial charge in [-0.3, -0.25) is 0 Å². The molecule has 0 aliphatic carbocycles. The molecule has 0 unspecified atom stereocenters. The Morgan fingerprint density at radius 3 is 2.29 bits per heavy atom. The summed E-state index contributed by atoms with van der Waals surface area (Å²) in [5.74, 6) is 0.709. The van der Waals surface area contributed by atoms with E-state index in [1.807, 2.05) is 12.1 Å². The number of aromatic nitrogens is 4. The van der Waals surface area contributed by atoms with Crippen LogP contribution < -0.4 is 10.6 Å². The van der Waals surface area contributed by atoms with Gasteiger partial charge in [-0.2, -0.15) is 4.98 Å². The Morgan fingerprint density at radius 2 is 1.61 bits per heavy atom. The van der Waals surface area contributed by atoms with E-state index in [0.717, 1.165) is 37.4 Å². The van der Waals surface area contributed by atoms with E-state index in [1.165, 1.54) is 12.1 Å². The van der Waals surface area contributed by atoms with Gasteiger partial charge in [0.2, 0.25) is 5.95 Å². The van der Waals surface area contributed by atoms with E-state index in [4.69, 9.17) is 27.3 Å². The molecule has 0 atom stereocenters.